The number of hydrogen-bond donors (Lipinski definition) is 0. The standard InChI is InChI=1S/C23H32NSi.Ir/c1-17(2)19-11-8-12-20(14-19)22-15-21(13-18-9-6-7-10-18)23(16-24-22)25(3,4)5;/h8,11,14-18H,6-7,9-10,13H2,1-5H3;/q-1;. The molecule has 1 aromatic carbocycles. The number of benzene rings is 1. The maximum Gasteiger partial charge on any atom is 0.0798 e. The minimum atomic E-state index is -1.38. The molecule has 26 heavy (non-hydrogen) atoms. The second-order valence-electron chi connectivity index (χ2n) is 9.02. The van der Waals surface area contributed by atoms with E-state index in [4.69, 9.17) is 4.98 Å². The predicted octanol–water partition coefficient (Wildman–Crippen LogP) is 5.95. The summed E-state index contributed by atoms with van der Waals surface area (Å²) in [7, 11) is -1.38. The normalized spacial score (nSPS) is 15.3. The van der Waals surface area contributed by atoms with Crippen LogP contribution in [0.1, 0.15) is 56.6 Å². The van der Waals surface area contributed by atoms with Crippen LogP contribution < -0.4 is 5.19 Å². The summed E-state index contributed by atoms with van der Waals surface area (Å²) in [6, 6.07) is 12.3. The molecule has 1 fully saturated rings. The van der Waals surface area contributed by atoms with E-state index < -0.39 is 8.07 Å². The van der Waals surface area contributed by atoms with E-state index in [0.717, 1.165) is 17.2 Å². The van der Waals surface area contributed by atoms with Crippen LogP contribution in [0.2, 0.25) is 19.6 Å². The molecule has 0 unspecified atom stereocenters. The Balaban J connectivity index is 0.00000243. The van der Waals surface area contributed by atoms with Crippen molar-refractivity contribution in [3.8, 4) is 11.3 Å². The van der Waals surface area contributed by atoms with Gasteiger partial charge in [-0.2, -0.15) is 0 Å². The molecule has 0 spiro atoms. The molecule has 1 nitrogen and oxygen atoms in total. The fourth-order valence-corrected chi connectivity index (χ4v) is 5.59. The largest absolute Gasteiger partial charge is 0.305 e. The van der Waals surface area contributed by atoms with Gasteiger partial charge in [-0.05, 0) is 29.1 Å². The molecule has 1 aromatic heterocycles. The smallest absolute Gasteiger partial charge is 0.0798 e. The van der Waals surface area contributed by atoms with E-state index in [-0.39, 0.29) is 20.1 Å². The Morgan fingerprint density at radius 3 is 2.46 bits per heavy atom. The summed E-state index contributed by atoms with van der Waals surface area (Å²) in [6.45, 7) is 11.8. The average Bonchev–Trinajstić information content (AvgIpc) is 3.07. The van der Waals surface area contributed by atoms with Crippen molar-refractivity contribution in [1.29, 1.82) is 0 Å². The van der Waals surface area contributed by atoms with Gasteiger partial charge in [0.25, 0.3) is 0 Å². The zero-order valence-corrected chi connectivity index (χ0v) is 20.3. The maximum absolute atomic E-state index is 4.85. The Labute approximate surface area is 174 Å². The Morgan fingerprint density at radius 1 is 1.15 bits per heavy atom. The van der Waals surface area contributed by atoms with Gasteiger partial charge in [-0.3, -0.25) is 0 Å². The van der Waals surface area contributed by atoms with Crippen molar-refractivity contribution in [3.63, 3.8) is 0 Å². The van der Waals surface area contributed by atoms with Crippen LogP contribution in [0.5, 0.6) is 0 Å². The molecule has 0 N–H and O–H groups in total. The maximum atomic E-state index is 4.85. The summed E-state index contributed by atoms with van der Waals surface area (Å²) in [5.74, 6) is 1.41. The molecule has 0 aliphatic heterocycles. The van der Waals surface area contributed by atoms with Crippen LogP contribution >= 0.6 is 0 Å². The summed E-state index contributed by atoms with van der Waals surface area (Å²) in [6.07, 6.45) is 9.04. The van der Waals surface area contributed by atoms with Crippen LogP contribution in [0.4, 0.5) is 0 Å². The third kappa shape index (κ3) is 5.15. The molecule has 0 amide bonds. The zero-order chi connectivity index (χ0) is 18.0. The summed E-state index contributed by atoms with van der Waals surface area (Å²) in [4.78, 5) is 4.85. The van der Waals surface area contributed by atoms with Gasteiger partial charge >= 0.3 is 0 Å². The number of hydrogen-bond acceptors (Lipinski definition) is 1. The van der Waals surface area contributed by atoms with Crippen LogP contribution in [0.15, 0.2) is 30.5 Å². The molecule has 3 rings (SSSR count). The molecule has 1 radical (unpaired) electrons. The quantitative estimate of drug-likeness (QED) is 0.336. The molecular formula is C23H32IrNSi-. The van der Waals surface area contributed by atoms with E-state index in [1.54, 1.807) is 10.8 Å². The average molecular weight is 543 g/mol. The minimum absolute atomic E-state index is 0. The van der Waals surface area contributed by atoms with Crippen LogP contribution in [-0.2, 0) is 26.5 Å². The first kappa shape index (κ1) is 21.5. The summed E-state index contributed by atoms with van der Waals surface area (Å²) in [5.41, 5.74) is 5.15. The molecule has 143 valence electrons. The predicted molar refractivity (Wildman–Crippen MR) is 111 cm³/mol. The molecule has 0 saturated heterocycles. The number of rotatable bonds is 5. The van der Waals surface area contributed by atoms with Gasteiger partial charge in [0.2, 0.25) is 0 Å². The van der Waals surface area contributed by atoms with E-state index in [9.17, 15) is 0 Å². The molecule has 1 heterocycles. The second-order valence-corrected chi connectivity index (χ2v) is 14.1. The first-order chi connectivity index (χ1) is 11.8. The van der Waals surface area contributed by atoms with E-state index in [1.165, 1.54) is 37.7 Å². The van der Waals surface area contributed by atoms with E-state index >= 15 is 0 Å². The van der Waals surface area contributed by atoms with Gasteiger partial charge in [0.05, 0.1) is 8.07 Å². The SMILES string of the molecule is CC(C)c1cc[c-]c(-c2cc(CC3CCCC3)c([Si](C)(C)C)cn2)c1.[Ir]. The Morgan fingerprint density at radius 2 is 1.85 bits per heavy atom. The van der Waals surface area contributed by atoms with Gasteiger partial charge in [-0.1, -0.05) is 70.8 Å². The molecule has 1 aliphatic rings. The van der Waals surface area contributed by atoms with E-state index in [2.05, 4.69) is 70.0 Å². The van der Waals surface area contributed by atoms with Gasteiger partial charge in [0.15, 0.2) is 0 Å². The van der Waals surface area contributed by atoms with Crippen molar-refractivity contribution in [3.05, 3.63) is 47.7 Å². The molecule has 2 aromatic rings. The van der Waals surface area contributed by atoms with Gasteiger partial charge in [-0.25, -0.2) is 0 Å². The fraction of sp³-hybridized carbons (Fsp3) is 0.522. The van der Waals surface area contributed by atoms with E-state index in [0.29, 0.717) is 5.92 Å². The van der Waals surface area contributed by atoms with Gasteiger partial charge in [0, 0.05) is 26.3 Å². The minimum Gasteiger partial charge on any atom is -0.305 e. The van der Waals surface area contributed by atoms with Crippen LogP contribution in [0.3, 0.4) is 0 Å². The monoisotopic (exact) mass is 543 g/mol. The van der Waals surface area contributed by atoms with Gasteiger partial charge in [-0.15, -0.1) is 35.4 Å². The number of nitrogens with zero attached hydrogens (tertiary/aromatic N) is 1. The van der Waals surface area contributed by atoms with Crippen molar-refractivity contribution in [1.82, 2.24) is 4.98 Å². The Kier molecular flexibility index (Phi) is 7.41. The Bertz CT molecular complexity index is 727. The molecule has 0 atom stereocenters. The molecule has 1 saturated carbocycles. The van der Waals surface area contributed by atoms with Crippen LogP contribution in [-0.4, -0.2) is 13.1 Å². The van der Waals surface area contributed by atoms with Crippen LogP contribution in [0, 0.1) is 12.0 Å². The van der Waals surface area contributed by atoms with Crippen molar-refractivity contribution in [2.45, 2.75) is 71.5 Å². The van der Waals surface area contributed by atoms with Gasteiger partial charge in [0.1, 0.15) is 0 Å². The number of pyridine rings is 1. The fourth-order valence-electron chi connectivity index (χ4n) is 4.01. The van der Waals surface area contributed by atoms with Crippen molar-refractivity contribution < 1.29 is 20.1 Å². The zero-order valence-electron chi connectivity index (χ0n) is 16.9. The van der Waals surface area contributed by atoms with E-state index in [1.807, 2.05) is 0 Å². The third-order valence-corrected chi connectivity index (χ3v) is 7.62. The van der Waals surface area contributed by atoms with Crippen molar-refractivity contribution in [2.75, 3.05) is 0 Å². The first-order valence-corrected chi connectivity index (χ1v) is 13.4. The van der Waals surface area contributed by atoms with Crippen molar-refractivity contribution >= 4 is 13.3 Å². The van der Waals surface area contributed by atoms with Gasteiger partial charge < -0.3 is 4.98 Å². The third-order valence-electron chi connectivity index (χ3n) is 5.55. The second kappa shape index (κ2) is 8.95. The first-order valence-electron chi connectivity index (χ1n) is 9.86. The molecular weight excluding hydrogens is 511 g/mol. The summed E-state index contributed by atoms with van der Waals surface area (Å²) in [5, 5.41) is 1.54. The molecule has 3 heteroatoms. The number of aromatic nitrogens is 1. The summed E-state index contributed by atoms with van der Waals surface area (Å²) < 4.78 is 0. The molecule has 0 bridgehead atoms. The summed E-state index contributed by atoms with van der Waals surface area (Å²) >= 11 is 0. The topological polar surface area (TPSA) is 12.9 Å². The van der Waals surface area contributed by atoms with Crippen LogP contribution in [0.25, 0.3) is 11.3 Å². The Hall–Kier alpha value is -0.764. The van der Waals surface area contributed by atoms with Crippen molar-refractivity contribution in [2.24, 2.45) is 5.92 Å². The molecule has 1 aliphatic carbocycles.